The van der Waals surface area contributed by atoms with E-state index in [2.05, 4.69) is 15.4 Å². The number of aromatic nitrogens is 6. The number of halogens is 1. The summed E-state index contributed by atoms with van der Waals surface area (Å²) >= 11 is 6.10. The first-order chi connectivity index (χ1) is 16.0. The van der Waals surface area contributed by atoms with Gasteiger partial charge in [0.25, 0.3) is 0 Å². The fourth-order valence-corrected chi connectivity index (χ4v) is 3.68. The van der Waals surface area contributed by atoms with Crippen molar-refractivity contribution < 1.29 is 9.15 Å². The second kappa shape index (κ2) is 8.40. The molecule has 0 N–H and O–H groups in total. The zero-order valence-electron chi connectivity index (χ0n) is 17.4. The van der Waals surface area contributed by atoms with Gasteiger partial charge in [-0.1, -0.05) is 16.8 Å². The Morgan fingerprint density at radius 1 is 1.06 bits per heavy atom. The topological polar surface area (TPSA) is 110 Å². The van der Waals surface area contributed by atoms with Gasteiger partial charge < -0.3 is 9.15 Å². The van der Waals surface area contributed by atoms with Gasteiger partial charge in [0, 0.05) is 16.5 Å². The number of nitrogens with zero attached hydrogens (tertiary/aromatic N) is 6. The predicted molar refractivity (Wildman–Crippen MR) is 120 cm³/mol. The number of benzene rings is 2. The average Bonchev–Trinajstić information content (AvgIpc) is 3.41. The maximum atomic E-state index is 12.8. The number of methoxy groups -OCH3 is 1. The number of rotatable bonds is 6. The van der Waals surface area contributed by atoms with Crippen molar-refractivity contribution in [1.29, 1.82) is 0 Å². The van der Waals surface area contributed by atoms with Crippen LogP contribution in [0.25, 0.3) is 16.7 Å². The maximum absolute atomic E-state index is 12.8. The lowest BCUT2D eigenvalue weighted by Gasteiger charge is -2.05. The van der Waals surface area contributed by atoms with Gasteiger partial charge in [0.15, 0.2) is 0 Å². The second-order valence-electron chi connectivity index (χ2n) is 7.29. The largest absolute Gasteiger partial charge is 0.497 e. The van der Waals surface area contributed by atoms with Crippen molar-refractivity contribution >= 4 is 22.6 Å². The van der Waals surface area contributed by atoms with Crippen LogP contribution in [0.15, 0.2) is 75.1 Å². The molecule has 33 heavy (non-hydrogen) atoms. The van der Waals surface area contributed by atoms with Crippen LogP contribution in [0.3, 0.4) is 0 Å². The van der Waals surface area contributed by atoms with Crippen LogP contribution in [0.2, 0.25) is 5.02 Å². The first kappa shape index (κ1) is 20.7. The molecule has 0 atom stereocenters. The van der Waals surface area contributed by atoms with Gasteiger partial charge in [0.2, 0.25) is 0 Å². The van der Waals surface area contributed by atoms with Gasteiger partial charge >= 0.3 is 11.3 Å². The third-order valence-electron chi connectivity index (χ3n) is 5.09. The van der Waals surface area contributed by atoms with Crippen molar-refractivity contribution in [1.82, 2.24) is 29.3 Å². The van der Waals surface area contributed by atoms with Crippen LogP contribution >= 0.6 is 11.6 Å². The van der Waals surface area contributed by atoms with E-state index in [1.54, 1.807) is 60.5 Å². The lowest BCUT2D eigenvalue weighted by atomic mass is 10.1. The Morgan fingerprint density at radius 2 is 1.88 bits per heavy atom. The normalized spacial score (nSPS) is 11.2. The molecule has 0 radical (unpaired) electrons. The Bertz CT molecular complexity index is 1560. The van der Waals surface area contributed by atoms with E-state index in [1.165, 1.54) is 21.6 Å². The van der Waals surface area contributed by atoms with Crippen LogP contribution in [0.5, 0.6) is 5.75 Å². The van der Waals surface area contributed by atoms with E-state index in [0.29, 0.717) is 33.3 Å². The Kier molecular flexibility index (Phi) is 5.27. The van der Waals surface area contributed by atoms with Crippen LogP contribution < -0.4 is 16.1 Å². The molecule has 0 fully saturated rings. The quantitative estimate of drug-likeness (QED) is 0.355. The number of fused-ring (bicyclic) bond motifs is 1. The molecule has 3 heterocycles. The van der Waals surface area contributed by atoms with E-state index < -0.39 is 5.63 Å². The number of hydrogen-bond donors (Lipinski definition) is 0. The molecule has 0 bridgehead atoms. The fraction of sp³-hybridized carbons (Fsp3) is 0.136. The Balaban J connectivity index is 1.38. The molecule has 0 aliphatic rings. The Labute approximate surface area is 191 Å². The third kappa shape index (κ3) is 4.15. The van der Waals surface area contributed by atoms with Gasteiger partial charge in [-0.15, -0.1) is 5.10 Å². The minimum atomic E-state index is -0.461. The molecule has 5 aromatic rings. The van der Waals surface area contributed by atoms with E-state index in [9.17, 15) is 9.59 Å². The Morgan fingerprint density at radius 3 is 2.67 bits per heavy atom. The van der Waals surface area contributed by atoms with Crippen molar-refractivity contribution in [2.75, 3.05) is 7.11 Å². The molecule has 2 aromatic carbocycles. The molecule has 10 nitrogen and oxygen atoms in total. The standard InChI is InChI=1S/C22H17ClN6O4/c1-32-18-5-3-17(4-6-18)29-22(31)27(13-24-29)11-16-12-28(26-25-16)10-14-8-21(30)33-20-7-2-15(23)9-19(14)20/h2-9,12-13H,10-11H2,1H3. The van der Waals surface area contributed by atoms with Gasteiger partial charge in [-0.3, -0.25) is 4.57 Å². The molecule has 0 aliphatic carbocycles. The lowest BCUT2D eigenvalue weighted by Crippen LogP contribution is -2.24. The van der Waals surface area contributed by atoms with Crippen LogP contribution in [0.1, 0.15) is 11.3 Å². The first-order valence-corrected chi connectivity index (χ1v) is 10.3. The van der Waals surface area contributed by atoms with Crippen molar-refractivity contribution in [2.45, 2.75) is 13.1 Å². The molecule has 0 saturated carbocycles. The summed E-state index contributed by atoms with van der Waals surface area (Å²) in [6, 6.07) is 13.5. The highest BCUT2D eigenvalue weighted by Gasteiger charge is 2.12. The highest BCUT2D eigenvalue weighted by atomic mass is 35.5. The van der Waals surface area contributed by atoms with E-state index in [0.717, 1.165) is 5.39 Å². The van der Waals surface area contributed by atoms with Crippen molar-refractivity contribution in [2.24, 2.45) is 0 Å². The van der Waals surface area contributed by atoms with Crippen LogP contribution in [0.4, 0.5) is 0 Å². The summed E-state index contributed by atoms with van der Waals surface area (Å²) < 4.78 is 14.7. The first-order valence-electron chi connectivity index (χ1n) is 9.90. The van der Waals surface area contributed by atoms with Gasteiger partial charge in [0.1, 0.15) is 23.4 Å². The molecule has 11 heteroatoms. The molecule has 0 spiro atoms. The SMILES string of the molecule is COc1ccc(-n2ncn(Cc3cn(Cc4cc(=O)oc5ccc(Cl)cc45)nn3)c2=O)cc1. The number of hydrogen-bond acceptors (Lipinski definition) is 7. The lowest BCUT2D eigenvalue weighted by molar-refractivity contribution is 0.414. The molecule has 3 aromatic heterocycles. The summed E-state index contributed by atoms with van der Waals surface area (Å²) in [5.41, 5.74) is 1.56. The van der Waals surface area contributed by atoms with Gasteiger partial charge in [-0.25, -0.2) is 14.3 Å². The average molecular weight is 465 g/mol. The van der Waals surface area contributed by atoms with E-state index >= 15 is 0 Å². The molecule has 0 saturated heterocycles. The van der Waals surface area contributed by atoms with Gasteiger partial charge in [0.05, 0.1) is 32.1 Å². The maximum Gasteiger partial charge on any atom is 0.350 e. The van der Waals surface area contributed by atoms with Crippen molar-refractivity contribution in [3.63, 3.8) is 0 Å². The van der Waals surface area contributed by atoms with Crippen molar-refractivity contribution in [3.05, 3.63) is 98.2 Å². The fourth-order valence-electron chi connectivity index (χ4n) is 3.51. The van der Waals surface area contributed by atoms with Crippen LogP contribution in [0, 0.1) is 0 Å². The summed E-state index contributed by atoms with van der Waals surface area (Å²) in [5, 5.41) is 13.7. The minimum Gasteiger partial charge on any atom is -0.497 e. The third-order valence-corrected chi connectivity index (χ3v) is 5.33. The molecular weight excluding hydrogens is 448 g/mol. The van der Waals surface area contributed by atoms with E-state index in [1.807, 2.05) is 0 Å². The highest BCUT2D eigenvalue weighted by molar-refractivity contribution is 6.31. The summed E-state index contributed by atoms with van der Waals surface area (Å²) in [5.74, 6) is 0.689. The zero-order chi connectivity index (χ0) is 22.9. The molecular formula is C22H17ClN6O4. The smallest absolute Gasteiger partial charge is 0.350 e. The minimum absolute atomic E-state index is 0.193. The van der Waals surface area contributed by atoms with E-state index in [4.69, 9.17) is 20.8 Å². The molecule has 0 unspecified atom stereocenters. The van der Waals surface area contributed by atoms with Crippen molar-refractivity contribution in [3.8, 4) is 11.4 Å². The molecule has 0 aliphatic heterocycles. The highest BCUT2D eigenvalue weighted by Crippen LogP contribution is 2.22. The summed E-state index contributed by atoms with van der Waals surface area (Å²) in [6.07, 6.45) is 3.16. The second-order valence-corrected chi connectivity index (χ2v) is 7.73. The Hall–Kier alpha value is -4.18. The summed E-state index contributed by atoms with van der Waals surface area (Å²) in [6.45, 7) is 0.480. The molecule has 5 rings (SSSR count). The van der Waals surface area contributed by atoms with Crippen LogP contribution in [-0.4, -0.2) is 36.5 Å². The summed E-state index contributed by atoms with van der Waals surface area (Å²) in [7, 11) is 1.58. The zero-order valence-corrected chi connectivity index (χ0v) is 18.1. The molecule has 166 valence electrons. The predicted octanol–water partition coefficient (Wildman–Crippen LogP) is 2.49. The van der Waals surface area contributed by atoms with E-state index in [-0.39, 0.29) is 18.8 Å². The van der Waals surface area contributed by atoms with Crippen LogP contribution in [-0.2, 0) is 13.1 Å². The number of ether oxygens (including phenoxy) is 1. The van der Waals surface area contributed by atoms with Gasteiger partial charge in [-0.05, 0) is 48.0 Å². The van der Waals surface area contributed by atoms with Gasteiger partial charge in [-0.2, -0.15) is 9.78 Å². The molecule has 0 amide bonds. The summed E-state index contributed by atoms with van der Waals surface area (Å²) in [4.78, 5) is 24.7. The monoisotopic (exact) mass is 464 g/mol.